The van der Waals surface area contributed by atoms with Gasteiger partial charge in [0.2, 0.25) is 0 Å². The fourth-order valence-electron chi connectivity index (χ4n) is 1.65. The average Bonchev–Trinajstić information content (AvgIpc) is 2.37. The van der Waals surface area contributed by atoms with Crippen LogP contribution in [0.3, 0.4) is 0 Å². The van der Waals surface area contributed by atoms with Gasteiger partial charge < -0.3 is 5.32 Å². The zero-order valence-electron chi connectivity index (χ0n) is 9.84. The van der Waals surface area contributed by atoms with Gasteiger partial charge >= 0.3 is 6.18 Å². The molecule has 0 saturated heterocycles. The molecule has 2 aromatic rings. The lowest BCUT2D eigenvalue weighted by Gasteiger charge is -2.12. The lowest BCUT2D eigenvalue weighted by molar-refractivity contribution is -0.138. The van der Waals surface area contributed by atoms with E-state index in [1.807, 2.05) is 30.3 Å². The Labute approximate surface area is 117 Å². The maximum atomic E-state index is 12.7. The topological polar surface area (TPSA) is 12.0 Å². The smallest absolute Gasteiger partial charge is 0.381 e. The van der Waals surface area contributed by atoms with Crippen molar-refractivity contribution in [1.29, 1.82) is 0 Å². The lowest BCUT2D eigenvalue weighted by atomic mass is 10.2. The molecule has 5 heteroatoms. The second kappa shape index (κ2) is 5.65. The van der Waals surface area contributed by atoms with Gasteiger partial charge in [-0.2, -0.15) is 13.2 Å². The molecule has 1 N–H and O–H groups in total. The van der Waals surface area contributed by atoms with Crippen LogP contribution in [0.25, 0.3) is 0 Å². The van der Waals surface area contributed by atoms with Crippen LogP contribution < -0.4 is 5.32 Å². The molecule has 0 radical (unpaired) electrons. The Morgan fingerprint density at radius 1 is 1.00 bits per heavy atom. The molecule has 0 aliphatic carbocycles. The molecule has 0 saturated carbocycles. The quantitative estimate of drug-likeness (QED) is 0.827. The molecule has 0 heterocycles. The summed E-state index contributed by atoms with van der Waals surface area (Å²) in [4.78, 5) is 0. The van der Waals surface area contributed by atoms with Crippen molar-refractivity contribution in [3.8, 4) is 0 Å². The summed E-state index contributed by atoms with van der Waals surface area (Å²) in [5.74, 6) is 0. The van der Waals surface area contributed by atoms with Gasteiger partial charge in [0.1, 0.15) is 0 Å². The molecule has 2 rings (SSSR count). The Bertz CT molecular complexity index is 552. The van der Waals surface area contributed by atoms with Gasteiger partial charge in [-0.1, -0.05) is 46.3 Å². The van der Waals surface area contributed by atoms with Gasteiger partial charge in [-0.25, -0.2) is 0 Å². The minimum absolute atomic E-state index is 0.0465. The maximum absolute atomic E-state index is 12.7. The maximum Gasteiger partial charge on any atom is 0.417 e. The Kier molecular flexibility index (Phi) is 4.14. The van der Waals surface area contributed by atoms with Crippen LogP contribution in [0.1, 0.15) is 11.1 Å². The SMILES string of the molecule is FC(F)(F)c1cc(NCc2ccccc2)ccc1Br. The van der Waals surface area contributed by atoms with E-state index in [4.69, 9.17) is 0 Å². The highest BCUT2D eigenvalue weighted by Gasteiger charge is 2.33. The minimum atomic E-state index is -4.36. The highest BCUT2D eigenvalue weighted by atomic mass is 79.9. The zero-order chi connectivity index (χ0) is 13.9. The first-order chi connectivity index (χ1) is 8.97. The summed E-state index contributed by atoms with van der Waals surface area (Å²) in [5, 5.41) is 2.98. The van der Waals surface area contributed by atoms with Crippen LogP contribution in [0.2, 0.25) is 0 Å². The normalized spacial score (nSPS) is 11.4. The summed E-state index contributed by atoms with van der Waals surface area (Å²) in [6.07, 6.45) is -4.36. The molecule has 0 bridgehead atoms. The van der Waals surface area contributed by atoms with Crippen molar-refractivity contribution in [3.63, 3.8) is 0 Å². The summed E-state index contributed by atoms with van der Waals surface area (Å²) < 4.78 is 38.2. The summed E-state index contributed by atoms with van der Waals surface area (Å²) in [6.45, 7) is 0.486. The fraction of sp³-hybridized carbons (Fsp3) is 0.143. The Morgan fingerprint density at radius 3 is 2.32 bits per heavy atom. The van der Waals surface area contributed by atoms with Gasteiger partial charge in [-0.05, 0) is 23.8 Å². The third-order valence-electron chi connectivity index (χ3n) is 2.61. The van der Waals surface area contributed by atoms with E-state index >= 15 is 0 Å². The summed E-state index contributed by atoms with van der Waals surface area (Å²) >= 11 is 2.91. The van der Waals surface area contributed by atoms with Gasteiger partial charge in [0.25, 0.3) is 0 Å². The van der Waals surface area contributed by atoms with Crippen molar-refractivity contribution in [2.24, 2.45) is 0 Å². The van der Waals surface area contributed by atoms with Gasteiger partial charge in [-0.3, -0.25) is 0 Å². The van der Waals surface area contributed by atoms with Crippen LogP contribution in [-0.4, -0.2) is 0 Å². The molecule has 19 heavy (non-hydrogen) atoms. The molecule has 0 atom stereocenters. The van der Waals surface area contributed by atoms with Crippen LogP contribution in [0, 0.1) is 0 Å². The molecule has 0 unspecified atom stereocenters. The second-order valence-electron chi connectivity index (χ2n) is 4.03. The largest absolute Gasteiger partial charge is 0.417 e. The van der Waals surface area contributed by atoms with Crippen LogP contribution in [0.15, 0.2) is 53.0 Å². The highest BCUT2D eigenvalue weighted by Crippen LogP contribution is 2.36. The Balaban J connectivity index is 2.14. The van der Waals surface area contributed by atoms with Crippen LogP contribution >= 0.6 is 15.9 Å². The highest BCUT2D eigenvalue weighted by molar-refractivity contribution is 9.10. The van der Waals surface area contributed by atoms with Crippen molar-refractivity contribution in [3.05, 3.63) is 64.1 Å². The first kappa shape index (κ1) is 13.9. The molecule has 0 aromatic heterocycles. The fourth-order valence-corrected chi connectivity index (χ4v) is 2.12. The lowest BCUT2D eigenvalue weighted by Crippen LogP contribution is -2.07. The Hall–Kier alpha value is -1.49. The number of nitrogens with one attached hydrogen (secondary N) is 1. The number of benzene rings is 2. The van der Waals surface area contributed by atoms with Crippen molar-refractivity contribution in [2.45, 2.75) is 12.7 Å². The van der Waals surface area contributed by atoms with E-state index in [1.165, 1.54) is 6.07 Å². The molecule has 0 aliphatic heterocycles. The number of hydrogen-bond donors (Lipinski definition) is 1. The monoisotopic (exact) mass is 329 g/mol. The van der Waals surface area contributed by atoms with Gasteiger partial charge in [0, 0.05) is 16.7 Å². The van der Waals surface area contributed by atoms with Gasteiger partial charge in [-0.15, -0.1) is 0 Å². The van der Waals surface area contributed by atoms with Crippen LogP contribution in [0.5, 0.6) is 0 Å². The van der Waals surface area contributed by atoms with Crippen LogP contribution in [-0.2, 0) is 12.7 Å². The summed E-state index contributed by atoms with van der Waals surface area (Å²) in [5.41, 5.74) is 0.781. The average molecular weight is 330 g/mol. The van der Waals surface area contributed by atoms with Crippen molar-refractivity contribution < 1.29 is 13.2 Å². The molecule has 100 valence electrons. The third-order valence-corrected chi connectivity index (χ3v) is 3.30. The summed E-state index contributed by atoms with van der Waals surface area (Å²) in [7, 11) is 0. The first-order valence-corrected chi connectivity index (χ1v) is 6.40. The molecule has 0 amide bonds. The van der Waals surface area contributed by atoms with Crippen LogP contribution in [0.4, 0.5) is 18.9 Å². The second-order valence-corrected chi connectivity index (χ2v) is 4.89. The molecular formula is C14H11BrF3N. The Morgan fingerprint density at radius 2 is 1.68 bits per heavy atom. The number of anilines is 1. The van der Waals surface area contributed by atoms with Crippen molar-refractivity contribution >= 4 is 21.6 Å². The molecule has 0 aliphatic rings. The zero-order valence-corrected chi connectivity index (χ0v) is 11.4. The third kappa shape index (κ3) is 3.73. The number of halogens is 4. The predicted octanol–water partition coefficient (Wildman–Crippen LogP) is 5.08. The van der Waals surface area contributed by atoms with Crippen molar-refractivity contribution in [2.75, 3.05) is 5.32 Å². The molecule has 1 nitrogen and oxygen atoms in total. The van der Waals surface area contributed by atoms with E-state index in [1.54, 1.807) is 6.07 Å². The first-order valence-electron chi connectivity index (χ1n) is 5.61. The van der Waals surface area contributed by atoms with E-state index in [0.29, 0.717) is 12.2 Å². The van der Waals surface area contributed by atoms with E-state index in [2.05, 4.69) is 21.2 Å². The van der Waals surface area contributed by atoms with Gasteiger partial charge in [0.05, 0.1) is 5.56 Å². The van der Waals surface area contributed by atoms with E-state index in [0.717, 1.165) is 11.6 Å². The standard InChI is InChI=1S/C14H11BrF3N/c15-13-7-6-11(8-12(13)14(16,17)18)19-9-10-4-2-1-3-5-10/h1-8,19H,9H2. The predicted molar refractivity (Wildman–Crippen MR) is 72.9 cm³/mol. The minimum Gasteiger partial charge on any atom is -0.381 e. The molecule has 2 aromatic carbocycles. The number of hydrogen-bond acceptors (Lipinski definition) is 1. The number of alkyl halides is 3. The van der Waals surface area contributed by atoms with E-state index in [9.17, 15) is 13.2 Å². The molecular weight excluding hydrogens is 319 g/mol. The summed E-state index contributed by atoms with van der Waals surface area (Å²) in [6, 6.07) is 13.6. The molecule has 0 spiro atoms. The van der Waals surface area contributed by atoms with Crippen molar-refractivity contribution in [1.82, 2.24) is 0 Å². The number of rotatable bonds is 3. The molecule has 0 fully saturated rings. The van der Waals surface area contributed by atoms with Gasteiger partial charge in [0.15, 0.2) is 0 Å². The van der Waals surface area contributed by atoms with E-state index in [-0.39, 0.29) is 4.47 Å². The van der Waals surface area contributed by atoms with E-state index < -0.39 is 11.7 Å².